The molecular formula is C21H24N6O2. The summed E-state index contributed by atoms with van der Waals surface area (Å²) in [5.41, 5.74) is 1.99. The lowest BCUT2D eigenvalue weighted by molar-refractivity contribution is -0.132. The average molecular weight is 392 g/mol. The van der Waals surface area contributed by atoms with E-state index in [1.165, 1.54) is 0 Å². The van der Waals surface area contributed by atoms with Gasteiger partial charge in [0, 0.05) is 43.7 Å². The number of aromatic nitrogens is 4. The van der Waals surface area contributed by atoms with E-state index in [9.17, 15) is 4.79 Å². The summed E-state index contributed by atoms with van der Waals surface area (Å²) in [4.78, 5) is 27.4. The van der Waals surface area contributed by atoms with Crippen molar-refractivity contribution in [3.63, 3.8) is 0 Å². The van der Waals surface area contributed by atoms with Gasteiger partial charge in [-0.05, 0) is 44.0 Å². The van der Waals surface area contributed by atoms with E-state index in [0.29, 0.717) is 30.5 Å². The number of hydrogen-bond acceptors (Lipinski definition) is 7. The summed E-state index contributed by atoms with van der Waals surface area (Å²) in [6.07, 6.45) is 6.33. The van der Waals surface area contributed by atoms with Crippen molar-refractivity contribution < 1.29 is 9.32 Å². The van der Waals surface area contributed by atoms with E-state index in [0.717, 1.165) is 43.1 Å². The molecule has 0 aromatic carbocycles. The molecule has 1 saturated heterocycles. The minimum absolute atomic E-state index is 0.141. The van der Waals surface area contributed by atoms with Gasteiger partial charge in [0.2, 0.25) is 11.8 Å². The maximum Gasteiger partial charge on any atom is 0.227 e. The molecule has 8 nitrogen and oxygen atoms in total. The first-order valence-corrected chi connectivity index (χ1v) is 9.88. The van der Waals surface area contributed by atoms with Gasteiger partial charge in [0.15, 0.2) is 5.82 Å². The Kier molecular flexibility index (Phi) is 5.79. The molecule has 4 heterocycles. The van der Waals surface area contributed by atoms with Crippen LogP contribution < -0.4 is 5.32 Å². The van der Waals surface area contributed by atoms with Crippen molar-refractivity contribution in [2.24, 2.45) is 0 Å². The zero-order chi connectivity index (χ0) is 20.1. The van der Waals surface area contributed by atoms with Crippen molar-refractivity contribution >= 4 is 17.4 Å². The van der Waals surface area contributed by atoms with E-state index in [1.54, 1.807) is 13.1 Å². The van der Waals surface area contributed by atoms with E-state index in [-0.39, 0.29) is 5.91 Å². The lowest BCUT2D eigenvalue weighted by atomic mass is 9.93. The number of aryl methyl sites for hydroxylation is 2. The molecule has 0 spiro atoms. The molecule has 4 rings (SSSR count). The zero-order valence-corrected chi connectivity index (χ0v) is 16.4. The smallest absolute Gasteiger partial charge is 0.227 e. The van der Waals surface area contributed by atoms with E-state index >= 15 is 0 Å². The molecule has 3 aromatic rings. The van der Waals surface area contributed by atoms with Crippen LogP contribution in [0.2, 0.25) is 0 Å². The van der Waals surface area contributed by atoms with Crippen molar-refractivity contribution in [3.8, 4) is 0 Å². The van der Waals surface area contributed by atoms with Crippen molar-refractivity contribution in [3.05, 3.63) is 60.1 Å². The first kappa shape index (κ1) is 19.0. The third kappa shape index (κ3) is 4.96. The molecule has 1 aliphatic heterocycles. The van der Waals surface area contributed by atoms with E-state index in [1.807, 2.05) is 35.4 Å². The summed E-state index contributed by atoms with van der Waals surface area (Å²) >= 11 is 0. The molecule has 150 valence electrons. The van der Waals surface area contributed by atoms with Crippen LogP contribution in [-0.4, -0.2) is 44.0 Å². The van der Waals surface area contributed by atoms with Crippen LogP contribution in [0.4, 0.5) is 11.5 Å². The van der Waals surface area contributed by atoms with Crippen LogP contribution in [-0.2, 0) is 11.2 Å². The number of nitrogens with one attached hydrogen (secondary N) is 1. The molecular weight excluding hydrogens is 368 g/mol. The molecule has 1 fully saturated rings. The number of rotatable bonds is 6. The summed E-state index contributed by atoms with van der Waals surface area (Å²) in [5.74, 6) is 2.43. The molecule has 1 N–H and O–H groups in total. The van der Waals surface area contributed by atoms with Crippen LogP contribution in [0.5, 0.6) is 0 Å². The largest absolute Gasteiger partial charge is 0.343 e. The predicted octanol–water partition coefficient (Wildman–Crippen LogP) is 3.25. The predicted molar refractivity (Wildman–Crippen MR) is 108 cm³/mol. The topological polar surface area (TPSA) is 97.0 Å². The molecule has 0 bridgehead atoms. The van der Waals surface area contributed by atoms with Crippen LogP contribution in [0, 0.1) is 6.92 Å². The molecule has 1 amide bonds. The Labute approximate surface area is 169 Å². The Morgan fingerprint density at radius 2 is 2.07 bits per heavy atom. The Morgan fingerprint density at radius 1 is 1.21 bits per heavy atom. The average Bonchev–Trinajstić information content (AvgIpc) is 3.19. The highest BCUT2D eigenvalue weighted by Crippen LogP contribution is 2.28. The summed E-state index contributed by atoms with van der Waals surface area (Å²) < 4.78 is 5.07. The monoisotopic (exact) mass is 392 g/mol. The van der Waals surface area contributed by atoms with Gasteiger partial charge in [0.05, 0.1) is 11.9 Å². The van der Waals surface area contributed by atoms with Gasteiger partial charge in [-0.25, -0.2) is 4.98 Å². The fourth-order valence-corrected chi connectivity index (χ4v) is 3.54. The minimum Gasteiger partial charge on any atom is -0.343 e. The number of amides is 1. The number of nitrogens with zero attached hydrogens (tertiary/aromatic N) is 5. The van der Waals surface area contributed by atoms with E-state index in [4.69, 9.17) is 4.52 Å². The Bertz CT molecular complexity index is 933. The Hall–Kier alpha value is -3.29. The van der Waals surface area contributed by atoms with Gasteiger partial charge in [-0.2, -0.15) is 4.98 Å². The van der Waals surface area contributed by atoms with Gasteiger partial charge in [-0.3, -0.25) is 9.78 Å². The van der Waals surface area contributed by atoms with Gasteiger partial charge >= 0.3 is 0 Å². The van der Waals surface area contributed by atoms with E-state index < -0.39 is 0 Å². The number of likely N-dealkylation sites (tertiary alicyclic amines) is 1. The van der Waals surface area contributed by atoms with Crippen LogP contribution >= 0.6 is 0 Å². The quantitative estimate of drug-likeness (QED) is 0.688. The maximum atomic E-state index is 12.4. The van der Waals surface area contributed by atoms with Crippen LogP contribution in [0.25, 0.3) is 0 Å². The Balaban J connectivity index is 1.26. The summed E-state index contributed by atoms with van der Waals surface area (Å²) in [6.45, 7) is 3.28. The molecule has 0 atom stereocenters. The van der Waals surface area contributed by atoms with Gasteiger partial charge in [0.25, 0.3) is 0 Å². The maximum absolute atomic E-state index is 12.4. The molecule has 8 heteroatoms. The fraction of sp³-hybridized carbons (Fsp3) is 0.381. The second kappa shape index (κ2) is 8.81. The second-order valence-electron chi connectivity index (χ2n) is 7.20. The van der Waals surface area contributed by atoms with Crippen molar-refractivity contribution in [2.75, 3.05) is 18.4 Å². The first-order valence-electron chi connectivity index (χ1n) is 9.88. The molecule has 3 aromatic heterocycles. The van der Waals surface area contributed by atoms with Crippen LogP contribution in [0.3, 0.4) is 0 Å². The first-order chi connectivity index (χ1) is 14.2. The van der Waals surface area contributed by atoms with Gasteiger partial charge < -0.3 is 14.7 Å². The highest BCUT2D eigenvalue weighted by atomic mass is 16.5. The van der Waals surface area contributed by atoms with Crippen molar-refractivity contribution in [1.82, 2.24) is 25.0 Å². The van der Waals surface area contributed by atoms with Gasteiger partial charge in [0.1, 0.15) is 5.82 Å². The van der Waals surface area contributed by atoms with Crippen LogP contribution in [0.1, 0.15) is 42.6 Å². The summed E-state index contributed by atoms with van der Waals surface area (Å²) in [6, 6.07) is 9.83. The fourth-order valence-electron chi connectivity index (χ4n) is 3.54. The zero-order valence-electron chi connectivity index (χ0n) is 16.4. The summed E-state index contributed by atoms with van der Waals surface area (Å²) in [5, 5.41) is 7.00. The molecule has 0 saturated carbocycles. The Morgan fingerprint density at radius 3 is 2.72 bits per heavy atom. The second-order valence-corrected chi connectivity index (χ2v) is 7.20. The molecule has 0 aliphatic carbocycles. The van der Waals surface area contributed by atoms with Crippen molar-refractivity contribution in [2.45, 2.75) is 38.5 Å². The number of pyridine rings is 2. The minimum atomic E-state index is 0.141. The third-order valence-electron chi connectivity index (χ3n) is 5.11. The number of carbonyl (C=O) groups excluding carboxylic acids is 1. The molecule has 0 unspecified atom stereocenters. The molecule has 0 radical (unpaired) electrons. The highest BCUT2D eigenvalue weighted by molar-refractivity contribution is 5.76. The number of carbonyl (C=O) groups is 1. The van der Waals surface area contributed by atoms with E-state index in [2.05, 4.69) is 31.5 Å². The molecule has 29 heavy (non-hydrogen) atoms. The number of piperidine rings is 1. The van der Waals surface area contributed by atoms with Gasteiger partial charge in [-0.15, -0.1) is 0 Å². The lowest BCUT2D eigenvalue weighted by Gasteiger charge is -2.31. The lowest BCUT2D eigenvalue weighted by Crippen LogP contribution is -2.38. The normalized spacial score (nSPS) is 14.7. The molecule has 1 aliphatic rings. The van der Waals surface area contributed by atoms with Gasteiger partial charge in [-0.1, -0.05) is 11.2 Å². The summed E-state index contributed by atoms with van der Waals surface area (Å²) in [7, 11) is 0. The van der Waals surface area contributed by atoms with Crippen molar-refractivity contribution in [1.29, 1.82) is 0 Å². The SMILES string of the molecule is Cc1noc(CCC(=O)N2CCC(c3ccc(Nc4ccccn4)cn3)CC2)n1. The third-order valence-corrected chi connectivity index (χ3v) is 5.11. The number of anilines is 2. The highest BCUT2D eigenvalue weighted by Gasteiger charge is 2.24. The van der Waals surface area contributed by atoms with Crippen LogP contribution in [0.15, 0.2) is 47.2 Å². The number of hydrogen-bond donors (Lipinski definition) is 1. The standard InChI is InChI=1S/C21H24N6O2/c1-15-24-20(29-26-15)7-8-21(28)27-12-9-16(10-13-27)18-6-5-17(14-23-18)25-19-4-2-3-11-22-19/h2-6,11,14,16H,7-10,12-13H2,1H3,(H,22,25).